The van der Waals surface area contributed by atoms with Crippen molar-refractivity contribution >= 4 is 38.6 Å². The Bertz CT molecular complexity index is 652. The van der Waals surface area contributed by atoms with Crippen LogP contribution in [0.4, 0.5) is 5.13 Å². The number of hydrogen-bond acceptors (Lipinski definition) is 5. The molecule has 21 heavy (non-hydrogen) atoms. The van der Waals surface area contributed by atoms with Crippen molar-refractivity contribution in [3.8, 4) is 0 Å². The van der Waals surface area contributed by atoms with E-state index < -0.39 is 12.0 Å². The largest absolute Gasteiger partial charge is 0.480 e. The van der Waals surface area contributed by atoms with E-state index in [2.05, 4.69) is 10.3 Å². The molecule has 1 amide bonds. The fraction of sp³-hybridized carbons (Fsp3) is 0.357. The number of rotatable bonds is 4. The molecular weight excluding hydrogens is 290 g/mol. The number of carboxylic acid groups (broad SMARTS) is 1. The topological polar surface area (TPSA) is 82.5 Å². The van der Waals surface area contributed by atoms with Crippen LogP contribution >= 0.6 is 11.3 Å². The van der Waals surface area contributed by atoms with Gasteiger partial charge in [-0.05, 0) is 31.5 Å². The number of anilines is 1. The first-order chi connectivity index (χ1) is 10.1. The normalized spacial score (nSPS) is 19.0. The lowest BCUT2D eigenvalue weighted by Gasteiger charge is -2.19. The number of amides is 1. The summed E-state index contributed by atoms with van der Waals surface area (Å²) in [5.74, 6) is -1.08. The number of aliphatic carboxylic acids is 1. The van der Waals surface area contributed by atoms with E-state index in [-0.39, 0.29) is 12.5 Å². The number of nitrogens with zero attached hydrogens (tertiary/aromatic N) is 2. The summed E-state index contributed by atoms with van der Waals surface area (Å²) in [6.07, 6.45) is 1.41. The summed E-state index contributed by atoms with van der Waals surface area (Å²) >= 11 is 1.41. The van der Waals surface area contributed by atoms with E-state index in [9.17, 15) is 9.59 Å². The molecule has 6 nitrogen and oxygen atoms in total. The zero-order valence-corrected chi connectivity index (χ0v) is 12.1. The highest BCUT2D eigenvalue weighted by atomic mass is 32.1. The molecular formula is C14H15N3O3S. The smallest absolute Gasteiger partial charge is 0.320 e. The minimum atomic E-state index is -0.861. The molecule has 2 N–H and O–H groups in total. The van der Waals surface area contributed by atoms with Crippen molar-refractivity contribution in [1.29, 1.82) is 0 Å². The number of nitrogens with one attached hydrogen (secondary N) is 1. The summed E-state index contributed by atoms with van der Waals surface area (Å²) in [4.78, 5) is 29.2. The lowest BCUT2D eigenvalue weighted by atomic mass is 10.2. The molecule has 1 aliphatic rings. The Morgan fingerprint density at radius 1 is 1.43 bits per heavy atom. The van der Waals surface area contributed by atoms with Gasteiger partial charge in [-0.15, -0.1) is 0 Å². The van der Waals surface area contributed by atoms with Crippen molar-refractivity contribution in [2.24, 2.45) is 0 Å². The van der Waals surface area contributed by atoms with Crippen LogP contribution in [-0.2, 0) is 9.59 Å². The van der Waals surface area contributed by atoms with Crippen LogP contribution in [0.5, 0.6) is 0 Å². The quantitative estimate of drug-likeness (QED) is 0.900. The highest BCUT2D eigenvalue weighted by Gasteiger charge is 2.31. The third-order valence-electron chi connectivity index (χ3n) is 3.54. The van der Waals surface area contributed by atoms with Gasteiger partial charge in [0, 0.05) is 0 Å². The average molecular weight is 305 g/mol. The minimum Gasteiger partial charge on any atom is -0.480 e. The molecule has 110 valence electrons. The standard InChI is InChI=1S/C14H15N3O3S/c18-12(8-17-7-3-5-10(17)13(19)20)16-14-15-9-4-1-2-6-11(9)21-14/h1-2,4,6,10H,3,5,7-8H2,(H,19,20)(H,15,16,18). The number of carboxylic acids is 1. The van der Waals surface area contributed by atoms with E-state index >= 15 is 0 Å². The molecule has 1 aliphatic heterocycles. The van der Waals surface area contributed by atoms with E-state index in [4.69, 9.17) is 5.11 Å². The Balaban J connectivity index is 1.65. The fourth-order valence-corrected chi connectivity index (χ4v) is 3.45. The molecule has 3 rings (SSSR count). The number of likely N-dealkylation sites (tertiary alicyclic amines) is 1. The van der Waals surface area contributed by atoms with Crippen LogP contribution in [0.25, 0.3) is 10.2 Å². The number of carbonyl (C=O) groups excluding carboxylic acids is 1. The maximum atomic E-state index is 12.0. The number of hydrogen-bond donors (Lipinski definition) is 2. The zero-order valence-electron chi connectivity index (χ0n) is 11.3. The van der Waals surface area contributed by atoms with Gasteiger partial charge in [-0.25, -0.2) is 4.98 Å². The second kappa shape index (κ2) is 5.79. The second-order valence-electron chi connectivity index (χ2n) is 5.00. The maximum Gasteiger partial charge on any atom is 0.320 e. The first-order valence-corrected chi connectivity index (χ1v) is 7.57. The van der Waals surface area contributed by atoms with E-state index in [0.717, 1.165) is 16.6 Å². The summed E-state index contributed by atoms with van der Waals surface area (Å²) in [6.45, 7) is 0.733. The summed E-state index contributed by atoms with van der Waals surface area (Å²) in [6, 6.07) is 7.11. The van der Waals surface area contributed by atoms with Crippen LogP contribution in [0.3, 0.4) is 0 Å². The first kappa shape index (κ1) is 14.0. The van der Waals surface area contributed by atoms with Gasteiger partial charge in [0.05, 0.1) is 16.8 Å². The van der Waals surface area contributed by atoms with Crippen molar-refractivity contribution in [1.82, 2.24) is 9.88 Å². The number of carbonyl (C=O) groups is 2. The number of aromatic nitrogens is 1. The van der Waals surface area contributed by atoms with Crippen LogP contribution in [0.15, 0.2) is 24.3 Å². The van der Waals surface area contributed by atoms with Gasteiger partial charge >= 0.3 is 5.97 Å². The van der Waals surface area contributed by atoms with E-state index in [1.807, 2.05) is 24.3 Å². The lowest BCUT2D eigenvalue weighted by molar-refractivity contribution is -0.142. The summed E-state index contributed by atoms with van der Waals surface area (Å²) in [7, 11) is 0. The summed E-state index contributed by atoms with van der Waals surface area (Å²) in [5, 5.41) is 12.4. The molecule has 0 aliphatic carbocycles. The number of fused-ring (bicyclic) bond motifs is 1. The second-order valence-corrected chi connectivity index (χ2v) is 6.03. The minimum absolute atomic E-state index is 0.0902. The summed E-state index contributed by atoms with van der Waals surface area (Å²) in [5.41, 5.74) is 0.849. The van der Waals surface area contributed by atoms with Gasteiger partial charge in [0.2, 0.25) is 5.91 Å². The van der Waals surface area contributed by atoms with E-state index in [0.29, 0.717) is 18.1 Å². The van der Waals surface area contributed by atoms with Gasteiger partial charge in [-0.3, -0.25) is 14.5 Å². The molecule has 0 bridgehead atoms. The third-order valence-corrected chi connectivity index (χ3v) is 4.49. The molecule has 1 aromatic carbocycles. The predicted octanol–water partition coefficient (Wildman–Crippen LogP) is 1.78. The lowest BCUT2D eigenvalue weighted by Crippen LogP contribution is -2.40. The van der Waals surface area contributed by atoms with Gasteiger partial charge < -0.3 is 10.4 Å². The van der Waals surface area contributed by atoms with Gasteiger partial charge in [0.25, 0.3) is 0 Å². The molecule has 0 saturated carbocycles. The van der Waals surface area contributed by atoms with Crippen LogP contribution in [0, 0.1) is 0 Å². The number of para-hydroxylation sites is 1. The Hall–Kier alpha value is -1.99. The highest BCUT2D eigenvalue weighted by Crippen LogP contribution is 2.25. The van der Waals surface area contributed by atoms with E-state index in [1.165, 1.54) is 11.3 Å². The molecule has 7 heteroatoms. The highest BCUT2D eigenvalue weighted by molar-refractivity contribution is 7.22. The van der Waals surface area contributed by atoms with Crippen molar-refractivity contribution in [3.05, 3.63) is 24.3 Å². The van der Waals surface area contributed by atoms with Crippen LogP contribution in [-0.4, -0.2) is 46.0 Å². The Kier molecular flexibility index (Phi) is 3.85. The van der Waals surface area contributed by atoms with Crippen molar-refractivity contribution in [2.75, 3.05) is 18.4 Å². The van der Waals surface area contributed by atoms with Gasteiger partial charge in [0.1, 0.15) is 6.04 Å². The molecule has 1 unspecified atom stereocenters. The van der Waals surface area contributed by atoms with Gasteiger partial charge in [-0.1, -0.05) is 23.5 Å². The molecule has 1 fully saturated rings. The Labute approximate surface area is 125 Å². The Morgan fingerprint density at radius 3 is 3.00 bits per heavy atom. The maximum absolute atomic E-state index is 12.0. The third kappa shape index (κ3) is 3.03. The van der Waals surface area contributed by atoms with Crippen LogP contribution in [0.2, 0.25) is 0 Å². The first-order valence-electron chi connectivity index (χ1n) is 6.76. The molecule has 0 spiro atoms. The summed E-state index contributed by atoms with van der Waals surface area (Å²) < 4.78 is 1.01. The predicted molar refractivity (Wildman–Crippen MR) is 80.5 cm³/mol. The van der Waals surface area contributed by atoms with Gasteiger partial charge in [-0.2, -0.15) is 0 Å². The molecule has 2 aromatic rings. The number of benzene rings is 1. The molecule has 0 radical (unpaired) electrons. The molecule has 1 aromatic heterocycles. The van der Waals surface area contributed by atoms with Crippen molar-refractivity contribution in [2.45, 2.75) is 18.9 Å². The Morgan fingerprint density at radius 2 is 2.24 bits per heavy atom. The van der Waals surface area contributed by atoms with E-state index in [1.54, 1.807) is 4.90 Å². The van der Waals surface area contributed by atoms with Crippen molar-refractivity contribution < 1.29 is 14.7 Å². The fourth-order valence-electron chi connectivity index (χ4n) is 2.56. The van der Waals surface area contributed by atoms with Crippen molar-refractivity contribution in [3.63, 3.8) is 0 Å². The molecule has 1 atom stereocenters. The SMILES string of the molecule is O=C(CN1CCCC1C(=O)O)Nc1nc2ccccc2s1. The molecule has 1 saturated heterocycles. The van der Waals surface area contributed by atoms with Crippen LogP contribution in [0.1, 0.15) is 12.8 Å². The van der Waals surface area contributed by atoms with Gasteiger partial charge in [0.15, 0.2) is 5.13 Å². The monoisotopic (exact) mass is 305 g/mol. The zero-order chi connectivity index (χ0) is 14.8. The van der Waals surface area contributed by atoms with Crippen LogP contribution < -0.4 is 5.32 Å². The average Bonchev–Trinajstić information content (AvgIpc) is 3.03. The number of thiazole rings is 1. The molecule has 2 heterocycles.